The van der Waals surface area contributed by atoms with E-state index in [0.29, 0.717) is 48.5 Å². The molecule has 0 aliphatic carbocycles. The van der Waals surface area contributed by atoms with Crippen LogP contribution >= 0.6 is 0 Å². The highest BCUT2D eigenvalue weighted by Crippen LogP contribution is 2.39. The van der Waals surface area contributed by atoms with E-state index < -0.39 is 28.7 Å². The van der Waals surface area contributed by atoms with Crippen LogP contribution in [-0.4, -0.2) is 120 Å². The van der Waals surface area contributed by atoms with Gasteiger partial charge in [0.25, 0.3) is 0 Å². The number of nitrogens with zero attached hydrogens (tertiary/aromatic N) is 7. The smallest absolute Gasteiger partial charge is 0.410 e. The van der Waals surface area contributed by atoms with Gasteiger partial charge in [0.2, 0.25) is 0 Å². The van der Waals surface area contributed by atoms with Crippen LogP contribution in [0, 0.1) is 0 Å². The first kappa shape index (κ1) is 32.4. The van der Waals surface area contributed by atoms with Gasteiger partial charge in [-0.25, -0.2) is 28.2 Å². The van der Waals surface area contributed by atoms with Crippen LogP contribution in [0.25, 0.3) is 22.3 Å². The van der Waals surface area contributed by atoms with Crippen molar-refractivity contribution in [3.05, 3.63) is 60.9 Å². The van der Waals surface area contributed by atoms with E-state index >= 15 is 8.78 Å². The molecule has 0 spiro atoms. The average Bonchev–Trinajstić information content (AvgIpc) is 3.41. The van der Waals surface area contributed by atoms with E-state index in [1.54, 1.807) is 25.5 Å². The van der Waals surface area contributed by atoms with Crippen molar-refractivity contribution in [2.24, 2.45) is 0 Å². The molecule has 2 aromatic carbocycles. The first-order chi connectivity index (χ1) is 22.8. The van der Waals surface area contributed by atoms with Gasteiger partial charge in [0, 0.05) is 44.3 Å². The molecule has 2 N–H and O–H groups in total. The fraction of sp³-hybridized carbons (Fsp3) is 0.471. The Labute approximate surface area is 281 Å². The number of anilines is 1. The summed E-state index contributed by atoms with van der Waals surface area (Å²) in [6, 6.07) is 17.1. The molecule has 3 radical (unpaired) electrons. The Hall–Kier alpha value is -4.14. The molecule has 3 fully saturated rings. The molecule has 1 amide bonds. The van der Waals surface area contributed by atoms with Crippen molar-refractivity contribution >= 4 is 33.2 Å². The summed E-state index contributed by atoms with van der Waals surface area (Å²) in [4.78, 5) is 26.5. The minimum absolute atomic E-state index is 0.0186. The number of hydrogen-bond donors (Lipinski definition) is 1. The van der Waals surface area contributed by atoms with Gasteiger partial charge in [-0.1, -0.05) is 18.2 Å². The lowest BCUT2D eigenvalue weighted by Crippen LogP contribution is -2.70. The van der Waals surface area contributed by atoms with Crippen LogP contribution in [0.2, 0.25) is 0 Å². The topological polar surface area (TPSA) is 115 Å². The summed E-state index contributed by atoms with van der Waals surface area (Å²) in [5, 5.41) is 4.28. The van der Waals surface area contributed by atoms with Crippen LogP contribution in [0.1, 0.15) is 27.2 Å². The van der Waals surface area contributed by atoms with Gasteiger partial charge in [-0.15, -0.1) is 0 Å². The minimum Gasteiger partial charge on any atom is -0.457 e. The predicted octanol–water partition coefficient (Wildman–Crippen LogP) is 4.38. The standard InChI is InChI=1S/C34H39F2N8O3Si/c1-32(2,3)47-31(45)43-19-33(36,20-43)18-41-15-23(16-41)42-14-13-34(48,26(35)17-42)44-30-27(29(37)38-21-39-30)28(40-44)22-9-11-25(12-10-22)46-24-7-5-4-6-8-24/h4-12,21,23,26H,13-20H2,1-3H3,(H2,37,38,39)/t26-,34+/m1/s1. The van der Waals surface area contributed by atoms with Crippen LogP contribution < -0.4 is 10.5 Å². The van der Waals surface area contributed by atoms with Crippen molar-refractivity contribution in [2.45, 2.75) is 55.8 Å². The Morgan fingerprint density at radius 3 is 2.40 bits per heavy atom. The third-order valence-corrected chi connectivity index (χ3v) is 10.0. The Kier molecular flexibility index (Phi) is 8.15. The second kappa shape index (κ2) is 12.1. The summed E-state index contributed by atoms with van der Waals surface area (Å²) < 4.78 is 44.5. The summed E-state index contributed by atoms with van der Waals surface area (Å²) in [5.74, 6) is 1.65. The van der Waals surface area contributed by atoms with Gasteiger partial charge < -0.3 is 20.1 Å². The molecule has 7 rings (SSSR count). The first-order valence-corrected chi connectivity index (χ1v) is 16.7. The van der Waals surface area contributed by atoms with Gasteiger partial charge in [-0.2, -0.15) is 5.10 Å². The summed E-state index contributed by atoms with van der Waals surface area (Å²) in [5.41, 5.74) is 6.03. The number of alkyl halides is 2. The maximum absolute atomic E-state index is 16.3. The summed E-state index contributed by atoms with van der Waals surface area (Å²) in [6.07, 6.45) is -0.0322. The number of likely N-dealkylation sites (tertiary alicyclic amines) is 3. The SMILES string of the molecule is CC(C)(C)OC(=O)N1CC(F)(CN2CC(N3CC[C@@]([Si])(n4nc(-c5ccc(Oc6ccccc6)cc5)c5c(N)ncnc54)[C@H](F)C3)C2)C1. The largest absolute Gasteiger partial charge is 0.457 e. The number of amides is 1. The number of rotatable bonds is 7. The van der Waals surface area contributed by atoms with E-state index in [2.05, 4.69) is 25.1 Å². The van der Waals surface area contributed by atoms with E-state index in [0.717, 1.165) is 11.3 Å². The first-order valence-electron chi connectivity index (χ1n) is 16.2. The van der Waals surface area contributed by atoms with Crippen LogP contribution in [-0.2, 0) is 9.90 Å². The van der Waals surface area contributed by atoms with Gasteiger partial charge in [-0.3, -0.25) is 9.80 Å². The second-order valence-corrected chi connectivity index (χ2v) is 15.0. The zero-order chi connectivity index (χ0) is 33.8. The molecular weight excluding hydrogens is 635 g/mol. The van der Waals surface area contributed by atoms with Gasteiger partial charge in [0.1, 0.15) is 41.1 Å². The van der Waals surface area contributed by atoms with Crippen molar-refractivity contribution in [3.63, 3.8) is 0 Å². The zero-order valence-corrected chi connectivity index (χ0v) is 28.3. The molecule has 2 aromatic heterocycles. The minimum atomic E-state index is -1.46. The summed E-state index contributed by atoms with van der Waals surface area (Å²) in [7, 11) is 3.81. The molecule has 0 bridgehead atoms. The third kappa shape index (κ3) is 6.24. The Bertz CT molecular complexity index is 1790. The molecule has 11 nitrogen and oxygen atoms in total. The number of hydrogen-bond acceptors (Lipinski definition) is 9. The lowest BCUT2D eigenvalue weighted by molar-refractivity contribution is -0.0887. The molecule has 2 atom stereocenters. The number of para-hydroxylation sites is 1. The van der Waals surface area contributed by atoms with Gasteiger partial charge in [0.15, 0.2) is 11.3 Å². The Morgan fingerprint density at radius 1 is 1.04 bits per heavy atom. The number of carbonyl (C=O) groups excluding carboxylic acids is 1. The lowest BCUT2D eigenvalue weighted by Gasteiger charge is -2.53. The Morgan fingerprint density at radius 2 is 1.73 bits per heavy atom. The predicted molar refractivity (Wildman–Crippen MR) is 178 cm³/mol. The number of piperidine rings is 1. The highest BCUT2D eigenvalue weighted by molar-refractivity contribution is 6.15. The van der Waals surface area contributed by atoms with Crippen molar-refractivity contribution in [2.75, 3.05) is 51.5 Å². The number of carbonyl (C=O) groups is 1. The number of aromatic nitrogens is 4. The molecule has 4 aromatic rings. The number of nitrogens with two attached hydrogens (primary N) is 1. The number of halogens is 2. The molecular formula is C34H39F2N8O3Si. The van der Waals surface area contributed by atoms with E-state index in [-0.39, 0.29) is 38.0 Å². The van der Waals surface area contributed by atoms with Crippen molar-refractivity contribution < 1.29 is 23.0 Å². The number of ether oxygens (including phenoxy) is 2. The quantitative estimate of drug-likeness (QED) is 0.286. The van der Waals surface area contributed by atoms with E-state index in [1.165, 1.54) is 11.2 Å². The maximum Gasteiger partial charge on any atom is 0.410 e. The molecule has 0 unspecified atom stereocenters. The summed E-state index contributed by atoms with van der Waals surface area (Å²) in [6.45, 7) is 7.71. The highest BCUT2D eigenvalue weighted by atomic mass is 28.1. The van der Waals surface area contributed by atoms with Gasteiger partial charge in [-0.05, 0) is 63.6 Å². The molecule has 5 heterocycles. The monoisotopic (exact) mass is 673 g/mol. The van der Waals surface area contributed by atoms with Crippen LogP contribution in [0.5, 0.6) is 11.5 Å². The van der Waals surface area contributed by atoms with Crippen LogP contribution in [0.4, 0.5) is 19.4 Å². The molecule has 14 heteroatoms. The van der Waals surface area contributed by atoms with Gasteiger partial charge in [0.05, 0.1) is 33.9 Å². The average molecular weight is 674 g/mol. The van der Waals surface area contributed by atoms with Crippen molar-refractivity contribution in [3.8, 4) is 22.8 Å². The molecule has 0 saturated carbocycles. The molecule has 3 aliphatic rings. The van der Waals surface area contributed by atoms with Crippen molar-refractivity contribution in [1.82, 2.24) is 34.4 Å². The molecule has 3 aliphatic heterocycles. The van der Waals surface area contributed by atoms with Crippen LogP contribution in [0.3, 0.4) is 0 Å². The normalized spacial score (nSPS) is 23.5. The molecule has 251 valence electrons. The lowest BCUT2D eigenvalue weighted by atomic mass is 9.92. The van der Waals surface area contributed by atoms with E-state index in [4.69, 9.17) is 20.3 Å². The number of benzene rings is 2. The third-order valence-electron chi connectivity index (χ3n) is 9.23. The molecule has 3 saturated heterocycles. The number of nitrogen functional groups attached to an aromatic ring is 1. The van der Waals surface area contributed by atoms with E-state index in [1.807, 2.05) is 59.5 Å². The summed E-state index contributed by atoms with van der Waals surface area (Å²) >= 11 is 0. The second-order valence-electron chi connectivity index (χ2n) is 14.1. The zero-order valence-electron chi connectivity index (χ0n) is 27.3. The van der Waals surface area contributed by atoms with Gasteiger partial charge >= 0.3 is 6.09 Å². The Balaban J connectivity index is 1.00. The highest BCUT2D eigenvalue weighted by Gasteiger charge is 2.51. The van der Waals surface area contributed by atoms with Crippen LogP contribution in [0.15, 0.2) is 60.9 Å². The fourth-order valence-electron chi connectivity index (χ4n) is 6.75. The van der Waals surface area contributed by atoms with E-state index in [9.17, 15) is 4.79 Å². The molecule has 48 heavy (non-hydrogen) atoms. The maximum atomic E-state index is 16.3. The number of fused-ring (bicyclic) bond motifs is 1. The van der Waals surface area contributed by atoms with Crippen molar-refractivity contribution in [1.29, 1.82) is 0 Å². The fourth-order valence-corrected chi connectivity index (χ4v) is 7.11.